The number of anilines is 1. The SMILES string of the molecule is Cc1csc(NC(=O)Cn2ccccc2=O)n1. The fourth-order valence-electron chi connectivity index (χ4n) is 1.32. The lowest BCUT2D eigenvalue weighted by Crippen LogP contribution is -2.26. The molecule has 0 aromatic carbocycles. The highest BCUT2D eigenvalue weighted by molar-refractivity contribution is 7.13. The fourth-order valence-corrected chi connectivity index (χ4v) is 2.02. The maximum absolute atomic E-state index is 11.6. The molecule has 5 nitrogen and oxygen atoms in total. The Morgan fingerprint density at radius 1 is 1.53 bits per heavy atom. The summed E-state index contributed by atoms with van der Waals surface area (Å²) in [6, 6.07) is 4.77. The molecule has 0 aliphatic heterocycles. The summed E-state index contributed by atoms with van der Waals surface area (Å²) < 4.78 is 1.34. The Kier molecular flexibility index (Phi) is 3.34. The van der Waals surface area contributed by atoms with Crippen LogP contribution in [-0.4, -0.2) is 15.5 Å². The number of rotatable bonds is 3. The van der Waals surface area contributed by atoms with Crippen molar-refractivity contribution in [3.63, 3.8) is 0 Å². The van der Waals surface area contributed by atoms with Crippen LogP contribution in [0.25, 0.3) is 0 Å². The van der Waals surface area contributed by atoms with Gasteiger partial charge < -0.3 is 9.88 Å². The maximum atomic E-state index is 11.6. The molecule has 0 unspecified atom stereocenters. The van der Waals surface area contributed by atoms with Gasteiger partial charge in [-0.1, -0.05) is 6.07 Å². The molecular weight excluding hydrogens is 238 g/mol. The van der Waals surface area contributed by atoms with Crippen LogP contribution in [0.1, 0.15) is 5.69 Å². The van der Waals surface area contributed by atoms with Gasteiger partial charge in [-0.05, 0) is 13.0 Å². The number of aromatic nitrogens is 2. The van der Waals surface area contributed by atoms with E-state index in [0.717, 1.165) is 5.69 Å². The predicted molar refractivity (Wildman–Crippen MR) is 66.2 cm³/mol. The zero-order chi connectivity index (χ0) is 12.3. The average Bonchev–Trinajstić information content (AvgIpc) is 2.67. The largest absolute Gasteiger partial charge is 0.306 e. The van der Waals surface area contributed by atoms with E-state index in [0.29, 0.717) is 5.13 Å². The van der Waals surface area contributed by atoms with Gasteiger partial charge in [0, 0.05) is 17.6 Å². The van der Waals surface area contributed by atoms with Crippen molar-refractivity contribution < 1.29 is 4.79 Å². The van der Waals surface area contributed by atoms with E-state index in [9.17, 15) is 9.59 Å². The molecule has 0 atom stereocenters. The highest BCUT2D eigenvalue weighted by Gasteiger charge is 2.06. The molecule has 0 saturated heterocycles. The van der Waals surface area contributed by atoms with Gasteiger partial charge in [-0.15, -0.1) is 11.3 Å². The second-order valence-electron chi connectivity index (χ2n) is 3.51. The van der Waals surface area contributed by atoms with Gasteiger partial charge in [0.1, 0.15) is 6.54 Å². The molecule has 0 aliphatic rings. The first-order chi connectivity index (χ1) is 8.15. The van der Waals surface area contributed by atoms with Crippen LogP contribution in [0.3, 0.4) is 0 Å². The molecular formula is C11H11N3O2S. The molecule has 1 amide bonds. The van der Waals surface area contributed by atoms with Crippen molar-refractivity contribution in [3.8, 4) is 0 Å². The molecule has 2 aromatic rings. The lowest BCUT2D eigenvalue weighted by Gasteiger charge is -2.04. The molecule has 88 valence electrons. The van der Waals surface area contributed by atoms with E-state index in [1.165, 1.54) is 22.0 Å². The van der Waals surface area contributed by atoms with Crippen LogP contribution in [0.15, 0.2) is 34.6 Å². The highest BCUT2D eigenvalue weighted by Crippen LogP contribution is 2.13. The molecule has 0 saturated carbocycles. The standard InChI is InChI=1S/C11H11N3O2S/c1-8-7-17-11(12-8)13-9(15)6-14-5-3-2-4-10(14)16/h2-5,7H,6H2,1H3,(H,12,13,15). The van der Waals surface area contributed by atoms with Gasteiger partial charge in [0.25, 0.3) is 5.56 Å². The van der Waals surface area contributed by atoms with E-state index in [2.05, 4.69) is 10.3 Å². The first-order valence-corrected chi connectivity index (χ1v) is 5.90. The summed E-state index contributed by atoms with van der Waals surface area (Å²) in [4.78, 5) is 27.1. The Bertz CT molecular complexity index is 588. The molecule has 2 heterocycles. The third-order valence-electron chi connectivity index (χ3n) is 2.08. The minimum atomic E-state index is -0.257. The van der Waals surface area contributed by atoms with Crippen LogP contribution in [-0.2, 0) is 11.3 Å². The molecule has 0 bridgehead atoms. The van der Waals surface area contributed by atoms with Crippen molar-refractivity contribution in [2.45, 2.75) is 13.5 Å². The number of pyridine rings is 1. The summed E-state index contributed by atoms with van der Waals surface area (Å²) >= 11 is 1.36. The van der Waals surface area contributed by atoms with Crippen molar-refractivity contribution in [1.29, 1.82) is 0 Å². The van der Waals surface area contributed by atoms with Crippen LogP contribution in [0.2, 0.25) is 0 Å². The number of nitrogens with zero attached hydrogens (tertiary/aromatic N) is 2. The Morgan fingerprint density at radius 2 is 2.35 bits per heavy atom. The molecule has 1 N–H and O–H groups in total. The van der Waals surface area contributed by atoms with Gasteiger partial charge >= 0.3 is 0 Å². The molecule has 0 aliphatic carbocycles. The van der Waals surface area contributed by atoms with E-state index in [-0.39, 0.29) is 18.0 Å². The molecule has 2 aromatic heterocycles. The number of nitrogens with one attached hydrogen (secondary N) is 1. The highest BCUT2D eigenvalue weighted by atomic mass is 32.1. The fraction of sp³-hybridized carbons (Fsp3) is 0.182. The van der Waals surface area contributed by atoms with Crippen molar-refractivity contribution in [2.24, 2.45) is 0 Å². The normalized spacial score (nSPS) is 10.2. The Labute approximate surface area is 102 Å². The number of amides is 1. The second kappa shape index (κ2) is 4.92. The van der Waals surface area contributed by atoms with Crippen molar-refractivity contribution in [1.82, 2.24) is 9.55 Å². The Balaban J connectivity index is 2.03. The summed E-state index contributed by atoms with van der Waals surface area (Å²) in [6.45, 7) is 1.85. The molecule has 0 fully saturated rings. The van der Waals surface area contributed by atoms with Crippen LogP contribution in [0.4, 0.5) is 5.13 Å². The Morgan fingerprint density at radius 3 is 3.00 bits per heavy atom. The summed E-state index contributed by atoms with van der Waals surface area (Å²) in [7, 11) is 0. The van der Waals surface area contributed by atoms with E-state index in [4.69, 9.17) is 0 Å². The van der Waals surface area contributed by atoms with Gasteiger partial charge in [0.05, 0.1) is 5.69 Å². The maximum Gasteiger partial charge on any atom is 0.250 e. The summed E-state index contributed by atoms with van der Waals surface area (Å²) in [5.74, 6) is -0.257. The Hall–Kier alpha value is -1.95. The number of carbonyl (C=O) groups excluding carboxylic acids is 1. The zero-order valence-electron chi connectivity index (χ0n) is 9.21. The van der Waals surface area contributed by atoms with E-state index >= 15 is 0 Å². The summed E-state index contributed by atoms with van der Waals surface area (Å²) in [5.41, 5.74) is 0.667. The van der Waals surface area contributed by atoms with E-state index in [1.54, 1.807) is 18.3 Å². The van der Waals surface area contributed by atoms with Gasteiger partial charge in [0.2, 0.25) is 5.91 Å². The average molecular weight is 249 g/mol. The van der Waals surface area contributed by atoms with Gasteiger partial charge in [0.15, 0.2) is 5.13 Å². The minimum absolute atomic E-state index is 0.00169. The number of aryl methyl sites for hydroxylation is 1. The van der Waals surface area contributed by atoms with Crippen molar-refractivity contribution >= 4 is 22.4 Å². The van der Waals surface area contributed by atoms with Gasteiger partial charge in [-0.25, -0.2) is 4.98 Å². The number of hydrogen-bond acceptors (Lipinski definition) is 4. The van der Waals surface area contributed by atoms with E-state index < -0.39 is 0 Å². The monoisotopic (exact) mass is 249 g/mol. The van der Waals surface area contributed by atoms with Crippen molar-refractivity contribution in [3.05, 3.63) is 45.8 Å². The van der Waals surface area contributed by atoms with E-state index in [1.807, 2.05) is 12.3 Å². The topological polar surface area (TPSA) is 64.0 Å². The molecule has 0 radical (unpaired) electrons. The van der Waals surface area contributed by atoms with Crippen LogP contribution in [0.5, 0.6) is 0 Å². The first-order valence-electron chi connectivity index (χ1n) is 5.02. The number of thiazole rings is 1. The van der Waals surface area contributed by atoms with Gasteiger partial charge in [-0.3, -0.25) is 9.59 Å². The molecule has 0 spiro atoms. The third kappa shape index (κ3) is 3.01. The van der Waals surface area contributed by atoms with Crippen LogP contribution in [0, 0.1) is 6.92 Å². The lowest BCUT2D eigenvalue weighted by atomic mass is 10.4. The summed E-state index contributed by atoms with van der Waals surface area (Å²) in [6.07, 6.45) is 1.58. The molecule has 2 rings (SSSR count). The smallest absolute Gasteiger partial charge is 0.250 e. The first kappa shape index (κ1) is 11.5. The predicted octanol–water partition coefficient (Wildman–Crippen LogP) is 1.25. The lowest BCUT2D eigenvalue weighted by molar-refractivity contribution is -0.116. The van der Waals surface area contributed by atoms with Crippen LogP contribution >= 0.6 is 11.3 Å². The zero-order valence-corrected chi connectivity index (χ0v) is 10.0. The van der Waals surface area contributed by atoms with Crippen molar-refractivity contribution in [2.75, 3.05) is 5.32 Å². The number of hydrogen-bond donors (Lipinski definition) is 1. The molecule has 17 heavy (non-hydrogen) atoms. The van der Waals surface area contributed by atoms with Gasteiger partial charge in [-0.2, -0.15) is 0 Å². The van der Waals surface area contributed by atoms with Crippen LogP contribution < -0.4 is 10.9 Å². The summed E-state index contributed by atoms with van der Waals surface area (Å²) in [5, 5.41) is 5.05. The minimum Gasteiger partial charge on any atom is -0.306 e. The quantitative estimate of drug-likeness (QED) is 0.890. The molecule has 6 heteroatoms. The third-order valence-corrected chi connectivity index (χ3v) is 2.95. The number of carbonyl (C=O) groups is 1. The second-order valence-corrected chi connectivity index (χ2v) is 4.37.